The molecule has 4 rings (SSSR count). The van der Waals surface area contributed by atoms with Gasteiger partial charge in [0.15, 0.2) is 5.78 Å². The van der Waals surface area contributed by atoms with E-state index in [9.17, 15) is 14.7 Å². The standard InChI is InChI=1S/C30H42O4/c1-18(22-12-11-20(3)27(33)34-22)9-8-10-19(2)26-21(31)17-24-29(6)16-14-25(32)28(4,5)23(29)13-15-30(24,26)7/h8-11,22-25,32H,12-17H2,1-7H3. The fraction of sp³-hybridized carbons (Fsp3) is 0.667. The van der Waals surface area contributed by atoms with Gasteiger partial charge in [0.05, 0.1) is 6.10 Å². The molecule has 0 aromatic rings. The van der Waals surface area contributed by atoms with Crippen LogP contribution in [-0.4, -0.2) is 29.1 Å². The molecule has 0 radical (unpaired) electrons. The molecule has 34 heavy (non-hydrogen) atoms. The Labute approximate surface area is 205 Å². The Kier molecular flexibility index (Phi) is 6.38. The van der Waals surface area contributed by atoms with E-state index in [2.05, 4.69) is 40.7 Å². The van der Waals surface area contributed by atoms with Crippen molar-refractivity contribution in [2.45, 2.75) is 99.2 Å². The summed E-state index contributed by atoms with van der Waals surface area (Å²) in [6.45, 7) is 15.0. The number of hydrogen-bond acceptors (Lipinski definition) is 4. The van der Waals surface area contributed by atoms with Crippen LogP contribution in [0.25, 0.3) is 0 Å². The first-order valence-corrected chi connectivity index (χ1v) is 13.0. The maximum absolute atomic E-state index is 13.4. The third-order valence-electron chi connectivity index (χ3n) is 10.1. The van der Waals surface area contributed by atoms with Gasteiger partial charge in [-0.1, -0.05) is 52.0 Å². The second kappa shape index (κ2) is 8.62. The summed E-state index contributed by atoms with van der Waals surface area (Å²) in [5.74, 6) is 0.809. The molecule has 0 aromatic carbocycles. The lowest BCUT2D eigenvalue weighted by Crippen LogP contribution is -2.57. The van der Waals surface area contributed by atoms with Crippen LogP contribution in [0.4, 0.5) is 0 Å². The van der Waals surface area contributed by atoms with Crippen LogP contribution in [0.1, 0.15) is 87.0 Å². The number of carbonyl (C=O) groups excluding carboxylic acids is 2. The van der Waals surface area contributed by atoms with E-state index in [1.165, 1.54) is 0 Å². The summed E-state index contributed by atoms with van der Waals surface area (Å²) in [5, 5.41) is 10.7. The number of aliphatic hydroxyl groups is 1. The number of rotatable bonds is 3. The number of aliphatic hydroxyl groups excluding tert-OH is 1. The molecule has 0 aromatic heterocycles. The van der Waals surface area contributed by atoms with E-state index >= 15 is 0 Å². The van der Waals surface area contributed by atoms with Gasteiger partial charge in [-0.3, -0.25) is 4.79 Å². The van der Waals surface area contributed by atoms with E-state index in [1.54, 1.807) is 6.92 Å². The topological polar surface area (TPSA) is 63.6 Å². The monoisotopic (exact) mass is 466 g/mol. The van der Waals surface area contributed by atoms with Crippen LogP contribution in [0.2, 0.25) is 0 Å². The van der Waals surface area contributed by atoms with Gasteiger partial charge in [0.1, 0.15) is 6.10 Å². The van der Waals surface area contributed by atoms with Crippen molar-refractivity contribution >= 4 is 11.8 Å². The lowest BCUT2D eigenvalue weighted by molar-refractivity contribution is -0.157. The molecule has 4 heteroatoms. The van der Waals surface area contributed by atoms with Gasteiger partial charge in [0.2, 0.25) is 0 Å². The normalized spacial score (nSPS) is 41.6. The van der Waals surface area contributed by atoms with Crippen LogP contribution in [0, 0.1) is 28.1 Å². The predicted octanol–water partition coefficient (Wildman–Crippen LogP) is 6.26. The zero-order chi connectivity index (χ0) is 25.1. The lowest BCUT2D eigenvalue weighted by Gasteiger charge is -2.62. The number of fused-ring (bicyclic) bond motifs is 3. The smallest absolute Gasteiger partial charge is 0.333 e. The third kappa shape index (κ3) is 3.86. The van der Waals surface area contributed by atoms with E-state index in [1.807, 2.05) is 25.2 Å². The molecule has 3 saturated carbocycles. The molecule has 0 saturated heterocycles. The molecule has 186 valence electrons. The molecule has 3 fully saturated rings. The minimum atomic E-state index is -0.260. The Bertz CT molecular complexity index is 1010. The zero-order valence-corrected chi connectivity index (χ0v) is 22.0. The van der Waals surface area contributed by atoms with Gasteiger partial charge in [0, 0.05) is 29.4 Å². The van der Waals surface area contributed by atoms with Gasteiger partial charge in [-0.2, -0.15) is 0 Å². The maximum Gasteiger partial charge on any atom is 0.333 e. The number of Topliss-reactive ketones (excluding diaryl/α,β-unsaturated/α-hetero) is 1. The summed E-state index contributed by atoms with van der Waals surface area (Å²) in [7, 11) is 0. The summed E-state index contributed by atoms with van der Waals surface area (Å²) >= 11 is 0. The van der Waals surface area contributed by atoms with Crippen LogP contribution < -0.4 is 0 Å². The summed E-state index contributed by atoms with van der Waals surface area (Å²) in [4.78, 5) is 25.3. The maximum atomic E-state index is 13.4. The first-order valence-electron chi connectivity index (χ1n) is 13.0. The molecule has 1 heterocycles. The molecule has 0 amide bonds. The number of hydrogen-bond donors (Lipinski definition) is 1. The molecule has 6 unspecified atom stereocenters. The minimum absolute atomic E-state index is 0.0735. The highest BCUT2D eigenvalue weighted by atomic mass is 16.5. The fourth-order valence-corrected chi connectivity index (χ4v) is 8.03. The van der Waals surface area contributed by atoms with E-state index < -0.39 is 0 Å². The first-order chi connectivity index (χ1) is 15.8. The van der Waals surface area contributed by atoms with Crippen molar-refractivity contribution < 1.29 is 19.4 Å². The number of ether oxygens (including phenoxy) is 1. The van der Waals surface area contributed by atoms with Gasteiger partial charge in [0.25, 0.3) is 0 Å². The molecule has 4 aliphatic rings. The quantitative estimate of drug-likeness (QED) is 0.303. The highest BCUT2D eigenvalue weighted by molar-refractivity contribution is 6.00. The highest BCUT2D eigenvalue weighted by Crippen LogP contribution is 2.69. The molecular formula is C30H42O4. The average Bonchev–Trinajstić information content (AvgIpc) is 3.04. The van der Waals surface area contributed by atoms with Crippen molar-refractivity contribution in [1.29, 1.82) is 0 Å². The van der Waals surface area contributed by atoms with Gasteiger partial charge in [-0.05, 0) is 80.3 Å². The Hall–Kier alpha value is -1.94. The average molecular weight is 467 g/mol. The van der Waals surface area contributed by atoms with E-state index in [0.717, 1.165) is 42.4 Å². The van der Waals surface area contributed by atoms with Crippen molar-refractivity contribution in [3.05, 3.63) is 46.6 Å². The first kappa shape index (κ1) is 25.2. The minimum Gasteiger partial charge on any atom is -0.454 e. The Balaban J connectivity index is 1.59. The molecule has 0 spiro atoms. The van der Waals surface area contributed by atoms with Gasteiger partial charge >= 0.3 is 5.97 Å². The number of cyclic esters (lactones) is 1. The van der Waals surface area contributed by atoms with Gasteiger partial charge in [-0.15, -0.1) is 0 Å². The molecule has 3 aliphatic carbocycles. The second-order valence-corrected chi connectivity index (χ2v) is 12.4. The lowest BCUT2D eigenvalue weighted by atomic mass is 9.43. The number of ketones is 1. The summed E-state index contributed by atoms with van der Waals surface area (Å²) < 4.78 is 5.51. The summed E-state index contributed by atoms with van der Waals surface area (Å²) in [6, 6.07) is 0. The predicted molar refractivity (Wildman–Crippen MR) is 135 cm³/mol. The number of esters is 1. The molecular weight excluding hydrogens is 424 g/mol. The molecule has 0 bridgehead atoms. The van der Waals surface area contributed by atoms with E-state index in [4.69, 9.17) is 4.74 Å². The zero-order valence-electron chi connectivity index (χ0n) is 22.0. The Morgan fingerprint density at radius 3 is 2.47 bits per heavy atom. The Morgan fingerprint density at radius 1 is 1.09 bits per heavy atom. The largest absolute Gasteiger partial charge is 0.454 e. The molecule has 6 atom stereocenters. The second-order valence-electron chi connectivity index (χ2n) is 12.4. The van der Waals surface area contributed by atoms with Crippen molar-refractivity contribution in [1.82, 2.24) is 0 Å². The summed E-state index contributed by atoms with van der Waals surface area (Å²) in [6.07, 6.45) is 12.7. The SMILES string of the molecule is CC1=CCC(C(C)=CC=CC(C)=C2C(=O)CC3C2(C)CCC2C(C)(C)C(O)CCC32C)OC1=O. The highest BCUT2D eigenvalue weighted by Gasteiger charge is 2.64. The molecule has 4 nitrogen and oxygen atoms in total. The van der Waals surface area contributed by atoms with Crippen molar-refractivity contribution in [3.63, 3.8) is 0 Å². The third-order valence-corrected chi connectivity index (χ3v) is 10.1. The van der Waals surface area contributed by atoms with E-state index in [0.29, 0.717) is 36.0 Å². The van der Waals surface area contributed by atoms with Crippen LogP contribution in [0.3, 0.4) is 0 Å². The van der Waals surface area contributed by atoms with Crippen LogP contribution in [0.15, 0.2) is 46.6 Å². The van der Waals surface area contributed by atoms with Gasteiger partial charge < -0.3 is 9.84 Å². The van der Waals surface area contributed by atoms with Crippen LogP contribution in [0.5, 0.6) is 0 Å². The van der Waals surface area contributed by atoms with E-state index in [-0.39, 0.29) is 34.4 Å². The van der Waals surface area contributed by atoms with Crippen LogP contribution >= 0.6 is 0 Å². The fourth-order valence-electron chi connectivity index (χ4n) is 8.03. The van der Waals surface area contributed by atoms with Gasteiger partial charge in [-0.25, -0.2) is 4.79 Å². The van der Waals surface area contributed by atoms with Crippen molar-refractivity contribution in [2.75, 3.05) is 0 Å². The summed E-state index contributed by atoms with van der Waals surface area (Å²) in [5.41, 5.74) is 3.57. The number of allylic oxidation sites excluding steroid dienone is 5. The van der Waals surface area contributed by atoms with Crippen molar-refractivity contribution in [2.24, 2.45) is 28.1 Å². The molecule has 1 aliphatic heterocycles. The van der Waals surface area contributed by atoms with Crippen molar-refractivity contribution in [3.8, 4) is 0 Å². The molecule has 1 N–H and O–H groups in total. The number of carbonyl (C=O) groups is 2. The Morgan fingerprint density at radius 2 is 1.79 bits per heavy atom. The van der Waals surface area contributed by atoms with Crippen LogP contribution in [-0.2, 0) is 14.3 Å².